The second-order valence-corrected chi connectivity index (χ2v) is 6.48. The molecule has 0 fully saturated rings. The van der Waals surface area contributed by atoms with Gasteiger partial charge in [0.1, 0.15) is 0 Å². The van der Waals surface area contributed by atoms with Gasteiger partial charge in [-0.1, -0.05) is 19.1 Å². The van der Waals surface area contributed by atoms with Gasteiger partial charge in [0.2, 0.25) is 0 Å². The normalized spacial score (nSPS) is 29.1. The fraction of sp³-hybridized carbons (Fsp3) is 0.389. The summed E-state index contributed by atoms with van der Waals surface area (Å²) in [6.45, 7) is 1.98. The Hall–Kier alpha value is -2.23. The molecule has 0 saturated heterocycles. The maximum atomic E-state index is 12.9. The highest BCUT2D eigenvalue weighted by Crippen LogP contribution is 2.51. The third kappa shape index (κ3) is 1.45. The zero-order chi connectivity index (χ0) is 15.6. The Morgan fingerprint density at radius 1 is 1.14 bits per heavy atom. The van der Waals surface area contributed by atoms with Gasteiger partial charge in [-0.2, -0.15) is 0 Å². The monoisotopic (exact) mass is 296 g/mol. The van der Waals surface area contributed by atoms with Crippen LogP contribution in [0.2, 0.25) is 0 Å². The zero-order valence-corrected chi connectivity index (χ0v) is 12.6. The third-order valence-electron chi connectivity index (χ3n) is 5.40. The van der Waals surface area contributed by atoms with Crippen LogP contribution in [0.15, 0.2) is 24.0 Å². The van der Waals surface area contributed by atoms with Crippen molar-refractivity contribution in [1.29, 1.82) is 0 Å². The fourth-order valence-electron chi connectivity index (χ4n) is 4.20. The maximum absolute atomic E-state index is 12.9. The molecule has 0 amide bonds. The van der Waals surface area contributed by atoms with E-state index in [1.165, 1.54) is 7.11 Å². The van der Waals surface area contributed by atoms with Crippen LogP contribution in [-0.2, 0) is 21.4 Å². The summed E-state index contributed by atoms with van der Waals surface area (Å²) in [4.78, 5) is 36.9. The number of hydrogen-bond acceptors (Lipinski definition) is 4. The molecule has 4 nitrogen and oxygen atoms in total. The lowest BCUT2D eigenvalue weighted by molar-refractivity contribution is -0.120. The molecule has 4 rings (SSSR count). The van der Waals surface area contributed by atoms with Crippen molar-refractivity contribution in [1.82, 2.24) is 0 Å². The lowest BCUT2D eigenvalue weighted by Gasteiger charge is -2.32. The van der Waals surface area contributed by atoms with E-state index < -0.39 is 5.41 Å². The molecule has 0 radical (unpaired) electrons. The van der Waals surface area contributed by atoms with E-state index in [9.17, 15) is 14.4 Å². The van der Waals surface area contributed by atoms with E-state index in [1.807, 2.05) is 19.1 Å². The SMILES string of the molecule is COC1=C[C@]2(C)c3ccc4c(c3C(=O)[C@H]2CC1=O)CCC4=O. The van der Waals surface area contributed by atoms with Gasteiger partial charge in [0.25, 0.3) is 0 Å². The highest BCUT2D eigenvalue weighted by molar-refractivity contribution is 6.13. The first-order valence-electron chi connectivity index (χ1n) is 7.51. The molecule has 1 aromatic rings. The summed E-state index contributed by atoms with van der Waals surface area (Å²) in [5, 5.41) is 0. The highest BCUT2D eigenvalue weighted by Gasteiger charge is 2.53. The third-order valence-corrected chi connectivity index (χ3v) is 5.40. The Bertz CT molecular complexity index is 787. The number of carbonyl (C=O) groups is 3. The van der Waals surface area contributed by atoms with Crippen molar-refractivity contribution < 1.29 is 19.1 Å². The molecule has 4 heteroatoms. The summed E-state index contributed by atoms with van der Waals surface area (Å²) in [5.74, 6) is -0.0652. The van der Waals surface area contributed by atoms with Crippen LogP contribution < -0.4 is 0 Å². The van der Waals surface area contributed by atoms with E-state index in [2.05, 4.69) is 0 Å². The van der Waals surface area contributed by atoms with Crippen LogP contribution in [-0.4, -0.2) is 24.5 Å². The highest BCUT2D eigenvalue weighted by atomic mass is 16.5. The first-order chi connectivity index (χ1) is 10.5. The average Bonchev–Trinajstić information content (AvgIpc) is 2.98. The van der Waals surface area contributed by atoms with Crippen LogP contribution in [0.1, 0.15) is 51.6 Å². The van der Waals surface area contributed by atoms with Crippen molar-refractivity contribution in [2.24, 2.45) is 5.92 Å². The fourth-order valence-corrected chi connectivity index (χ4v) is 4.20. The van der Waals surface area contributed by atoms with E-state index in [0.29, 0.717) is 29.7 Å². The summed E-state index contributed by atoms with van der Waals surface area (Å²) in [5.41, 5.74) is 2.64. The number of ketones is 3. The van der Waals surface area contributed by atoms with Crippen molar-refractivity contribution in [3.05, 3.63) is 46.2 Å². The molecule has 0 heterocycles. The van der Waals surface area contributed by atoms with Crippen molar-refractivity contribution in [3.63, 3.8) is 0 Å². The molecule has 0 spiro atoms. The predicted octanol–water partition coefficient (Wildman–Crippen LogP) is 2.39. The van der Waals surface area contributed by atoms with Crippen molar-refractivity contribution in [2.45, 2.75) is 31.6 Å². The molecule has 0 aromatic heterocycles. The minimum Gasteiger partial charge on any atom is -0.493 e. The van der Waals surface area contributed by atoms with E-state index in [0.717, 1.165) is 11.1 Å². The quantitative estimate of drug-likeness (QED) is 0.798. The molecule has 0 aliphatic heterocycles. The number of methoxy groups -OCH3 is 1. The predicted molar refractivity (Wildman–Crippen MR) is 79.0 cm³/mol. The smallest absolute Gasteiger partial charge is 0.197 e. The van der Waals surface area contributed by atoms with Crippen LogP contribution in [0, 0.1) is 5.92 Å². The van der Waals surface area contributed by atoms with Crippen LogP contribution in [0.3, 0.4) is 0 Å². The summed E-state index contributed by atoms with van der Waals surface area (Å²) in [7, 11) is 1.48. The van der Waals surface area contributed by atoms with Gasteiger partial charge < -0.3 is 4.74 Å². The molecule has 1 aromatic carbocycles. The van der Waals surface area contributed by atoms with Gasteiger partial charge in [0.05, 0.1) is 7.11 Å². The second-order valence-electron chi connectivity index (χ2n) is 6.48. The van der Waals surface area contributed by atoms with Gasteiger partial charge in [0, 0.05) is 35.3 Å². The number of Topliss-reactive ketones (excluding diaryl/α,β-unsaturated/α-hetero) is 3. The number of hydrogen-bond donors (Lipinski definition) is 0. The molecular formula is C18H16O4. The summed E-state index contributed by atoms with van der Waals surface area (Å²) in [6, 6.07) is 3.72. The lowest BCUT2D eigenvalue weighted by Crippen LogP contribution is -2.36. The Morgan fingerprint density at radius 2 is 1.91 bits per heavy atom. The van der Waals surface area contributed by atoms with Crippen LogP contribution >= 0.6 is 0 Å². The van der Waals surface area contributed by atoms with E-state index in [4.69, 9.17) is 4.74 Å². The molecule has 2 atom stereocenters. The van der Waals surface area contributed by atoms with Gasteiger partial charge in [-0.3, -0.25) is 14.4 Å². The Kier molecular flexibility index (Phi) is 2.54. The number of benzene rings is 1. The zero-order valence-electron chi connectivity index (χ0n) is 12.6. The topological polar surface area (TPSA) is 60.4 Å². The minimum absolute atomic E-state index is 0.00352. The summed E-state index contributed by atoms with van der Waals surface area (Å²) < 4.78 is 5.18. The Labute approximate surface area is 128 Å². The Balaban J connectivity index is 1.98. The number of ether oxygens (including phenoxy) is 1. The van der Waals surface area contributed by atoms with Crippen LogP contribution in [0.25, 0.3) is 0 Å². The first-order valence-corrected chi connectivity index (χ1v) is 7.51. The molecule has 0 saturated carbocycles. The van der Waals surface area contributed by atoms with Crippen LogP contribution in [0.5, 0.6) is 0 Å². The molecular weight excluding hydrogens is 280 g/mol. The van der Waals surface area contributed by atoms with Gasteiger partial charge >= 0.3 is 0 Å². The molecule has 112 valence electrons. The van der Waals surface area contributed by atoms with Crippen LogP contribution in [0.4, 0.5) is 0 Å². The van der Waals surface area contributed by atoms with Gasteiger partial charge in [-0.15, -0.1) is 0 Å². The van der Waals surface area contributed by atoms with Crippen molar-refractivity contribution in [3.8, 4) is 0 Å². The summed E-state index contributed by atoms with van der Waals surface area (Å²) >= 11 is 0. The number of carbonyl (C=O) groups excluding carboxylic acids is 3. The van der Waals surface area contributed by atoms with Crippen molar-refractivity contribution >= 4 is 17.3 Å². The molecule has 0 N–H and O–H groups in total. The maximum Gasteiger partial charge on any atom is 0.197 e. The Morgan fingerprint density at radius 3 is 2.64 bits per heavy atom. The second kappa shape index (κ2) is 4.15. The van der Waals surface area contributed by atoms with Gasteiger partial charge in [0.15, 0.2) is 23.1 Å². The minimum atomic E-state index is -0.521. The average molecular weight is 296 g/mol. The summed E-state index contributed by atoms with van der Waals surface area (Å²) in [6.07, 6.45) is 3.06. The first kappa shape index (κ1) is 13.4. The lowest BCUT2D eigenvalue weighted by atomic mass is 9.70. The molecule has 3 aliphatic carbocycles. The molecule has 0 bridgehead atoms. The molecule has 22 heavy (non-hydrogen) atoms. The van der Waals surface area contributed by atoms with Gasteiger partial charge in [-0.25, -0.2) is 0 Å². The number of fused-ring (bicyclic) bond motifs is 5. The van der Waals surface area contributed by atoms with E-state index in [-0.39, 0.29) is 29.7 Å². The van der Waals surface area contributed by atoms with E-state index in [1.54, 1.807) is 6.08 Å². The van der Waals surface area contributed by atoms with E-state index >= 15 is 0 Å². The molecule has 3 aliphatic rings. The van der Waals surface area contributed by atoms with Gasteiger partial charge in [-0.05, 0) is 23.6 Å². The standard InChI is InChI=1S/C18H16O4/c1-18-8-15(22-2)14(20)7-12(18)17(21)16-10-4-6-13(19)9(10)3-5-11(16)18/h3,5,8,12H,4,6-7H2,1-2H3/t12-,18-/m1/s1. The number of rotatable bonds is 1. The number of allylic oxidation sites excluding steroid dienone is 2. The largest absolute Gasteiger partial charge is 0.493 e. The van der Waals surface area contributed by atoms with Crippen molar-refractivity contribution in [2.75, 3.05) is 7.11 Å². The molecule has 0 unspecified atom stereocenters.